The lowest BCUT2D eigenvalue weighted by Crippen LogP contribution is -2.29. The molecule has 1 rings (SSSR count). The van der Waals surface area contributed by atoms with E-state index < -0.39 is 34.0 Å². The largest absolute Gasteiger partial charge is 0.435 e. The Balaban J connectivity index is 3.43. The first kappa shape index (κ1) is 14.4. The van der Waals surface area contributed by atoms with Crippen molar-refractivity contribution in [1.82, 2.24) is 4.98 Å². The summed E-state index contributed by atoms with van der Waals surface area (Å²) in [4.78, 5) is 16.2. The van der Waals surface area contributed by atoms with Crippen LogP contribution in [-0.4, -0.2) is 21.8 Å². The molecule has 0 fully saturated rings. The molecule has 0 aromatic carbocycles. The first-order valence-electron chi connectivity index (χ1n) is 4.70. The number of nitrogens with two attached hydrogens (primary N) is 2. The number of rotatable bonds is 3. The van der Waals surface area contributed by atoms with E-state index in [0.29, 0.717) is 6.20 Å². The van der Waals surface area contributed by atoms with Gasteiger partial charge in [0.15, 0.2) is 5.71 Å². The SMILES string of the molecule is N/C=C(N)\C(=N\c1ncccc1[N+](=O)[O-])C(F)(F)F. The van der Waals surface area contributed by atoms with Gasteiger partial charge in [-0.15, -0.1) is 0 Å². The molecule has 0 spiro atoms. The van der Waals surface area contributed by atoms with Gasteiger partial charge < -0.3 is 11.5 Å². The minimum absolute atomic E-state index is 0.501. The summed E-state index contributed by atoms with van der Waals surface area (Å²) in [7, 11) is 0. The Morgan fingerprint density at radius 1 is 1.53 bits per heavy atom. The molecule has 0 atom stereocenters. The van der Waals surface area contributed by atoms with Gasteiger partial charge >= 0.3 is 11.9 Å². The Hall–Kier alpha value is -2.65. The molecule has 0 aliphatic rings. The molecule has 1 aromatic heterocycles. The molecule has 10 heteroatoms. The maximum Gasteiger partial charge on any atom is 0.435 e. The first-order valence-corrected chi connectivity index (χ1v) is 4.70. The van der Waals surface area contributed by atoms with Gasteiger partial charge in [0.2, 0.25) is 5.82 Å². The van der Waals surface area contributed by atoms with Crippen molar-refractivity contribution in [1.29, 1.82) is 0 Å². The van der Waals surface area contributed by atoms with Crippen LogP contribution in [0.1, 0.15) is 0 Å². The number of allylic oxidation sites excluding steroid dienone is 1. The second-order valence-electron chi connectivity index (χ2n) is 3.18. The molecule has 0 bridgehead atoms. The molecule has 0 aliphatic carbocycles. The topological polar surface area (TPSA) is 120 Å². The lowest BCUT2D eigenvalue weighted by atomic mass is 10.2. The molecule has 0 unspecified atom stereocenters. The van der Waals surface area contributed by atoms with Crippen molar-refractivity contribution in [3.8, 4) is 0 Å². The molecule has 0 radical (unpaired) electrons. The van der Waals surface area contributed by atoms with E-state index in [-0.39, 0.29) is 0 Å². The van der Waals surface area contributed by atoms with Gasteiger partial charge in [0.05, 0.1) is 10.6 Å². The van der Waals surface area contributed by atoms with Crippen LogP contribution in [0.2, 0.25) is 0 Å². The zero-order valence-electron chi connectivity index (χ0n) is 9.26. The molecule has 4 N–H and O–H groups in total. The third kappa shape index (κ3) is 3.40. The summed E-state index contributed by atoms with van der Waals surface area (Å²) in [6.45, 7) is 0. The van der Waals surface area contributed by atoms with E-state index in [0.717, 1.165) is 12.3 Å². The quantitative estimate of drug-likeness (QED) is 0.490. The lowest BCUT2D eigenvalue weighted by molar-refractivity contribution is -0.384. The van der Waals surface area contributed by atoms with Gasteiger partial charge in [-0.2, -0.15) is 13.2 Å². The highest BCUT2D eigenvalue weighted by Gasteiger charge is 2.38. The van der Waals surface area contributed by atoms with Gasteiger partial charge in [0, 0.05) is 18.5 Å². The Bertz CT molecular complexity index is 553. The van der Waals surface area contributed by atoms with E-state index >= 15 is 0 Å². The fourth-order valence-electron chi connectivity index (χ4n) is 1.09. The van der Waals surface area contributed by atoms with Gasteiger partial charge in [0.25, 0.3) is 0 Å². The fourth-order valence-corrected chi connectivity index (χ4v) is 1.09. The van der Waals surface area contributed by atoms with E-state index in [1.807, 2.05) is 0 Å². The number of alkyl halides is 3. The Morgan fingerprint density at radius 3 is 2.63 bits per heavy atom. The lowest BCUT2D eigenvalue weighted by Gasteiger charge is -2.09. The second kappa shape index (κ2) is 5.33. The van der Waals surface area contributed by atoms with Crippen LogP contribution in [0, 0.1) is 10.1 Å². The number of aromatic nitrogens is 1. The van der Waals surface area contributed by atoms with E-state index in [1.165, 1.54) is 6.07 Å². The van der Waals surface area contributed by atoms with Gasteiger partial charge in [-0.3, -0.25) is 10.1 Å². The molecule has 0 amide bonds. The Kier molecular flexibility index (Phi) is 4.04. The van der Waals surface area contributed by atoms with Crippen LogP contribution in [0.15, 0.2) is 35.2 Å². The highest BCUT2D eigenvalue weighted by atomic mass is 19.4. The fraction of sp³-hybridized carbons (Fsp3) is 0.111. The monoisotopic (exact) mass is 275 g/mol. The molecule has 102 valence electrons. The Morgan fingerprint density at radius 2 is 2.16 bits per heavy atom. The van der Waals surface area contributed by atoms with Crippen molar-refractivity contribution in [2.45, 2.75) is 6.18 Å². The highest BCUT2D eigenvalue weighted by molar-refractivity contribution is 6.04. The van der Waals surface area contributed by atoms with Gasteiger partial charge in [-0.05, 0) is 6.07 Å². The summed E-state index contributed by atoms with van der Waals surface area (Å²) in [6, 6.07) is 2.18. The third-order valence-electron chi connectivity index (χ3n) is 1.90. The average Bonchev–Trinajstić information content (AvgIpc) is 2.34. The molecule has 19 heavy (non-hydrogen) atoms. The highest BCUT2D eigenvalue weighted by Crippen LogP contribution is 2.28. The number of nitrogens with zero attached hydrogens (tertiary/aromatic N) is 3. The van der Waals surface area contributed by atoms with Crippen molar-refractivity contribution in [3.63, 3.8) is 0 Å². The summed E-state index contributed by atoms with van der Waals surface area (Å²) in [5.74, 6) is -0.704. The van der Waals surface area contributed by atoms with Gasteiger partial charge in [-0.25, -0.2) is 9.98 Å². The molecule has 1 aromatic rings. The van der Waals surface area contributed by atoms with Crippen LogP contribution >= 0.6 is 0 Å². The van der Waals surface area contributed by atoms with Crippen LogP contribution in [0.5, 0.6) is 0 Å². The van der Waals surface area contributed by atoms with E-state index in [1.54, 1.807) is 0 Å². The number of pyridine rings is 1. The zero-order chi connectivity index (χ0) is 14.6. The summed E-state index contributed by atoms with van der Waals surface area (Å²) in [5.41, 5.74) is 6.89. The predicted octanol–water partition coefficient (Wildman–Crippen LogP) is 1.38. The molecule has 7 nitrogen and oxygen atoms in total. The summed E-state index contributed by atoms with van der Waals surface area (Å²) >= 11 is 0. The maximum absolute atomic E-state index is 12.7. The zero-order valence-corrected chi connectivity index (χ0v) is 9.26. The van der Waals surface area contributed by atoms with E-state index in [9.17, 15) is 23.3 Å². The molecular weight excluding hydrogens is 267 g/mol. The first-order chi connectivity index (χ1) is 8.77. The van der Waals surface area contributed by atoms with E-state index in [2.05, 4.69) is 9.98 Å². The van der Waals surface area contributed by atoms with Gasteiger partial charge in [-0.1, -0.05) is 0 Å². The van der Waals surface area contributed by atoms with Crippen molar-refractivity contribution < 1.29 is 18.1 Å². The van der Waals surface area contributed by atoms with Crippen LogP contribution in [-0.2, 0) is 0 Å². The normalized spacial score (nSPS) is 13.4. The molecule has 1 heterocycles. The number of hydrogen-bond acceptors (Lipinski definition) is 6. The predicted molar refractivity (Wildman–Crippen MR) is 60.5 cm³/mol. The summed E-state index contributed by atoms with van der Waals surface area (Å²) in [5, 5.41) is 10.6. The number of halogens is 3. The third-order valence-corrected chi connectivity index (χ3v) is 1.90. The van der Waals surface area contributed by atoms with Crippen molar-refractivity contribution in [3.05, 3.63) is 40.3 Å². The minimum Gasteiger partial charge on any atom is -0.403 e. The maximum atomic E-state index is 12.7. The molecule has 0 saturated heterocycles. The minimum atomic E-state index is -4.91. The molecular formula is C9H8F3N5O2. The summed E-state index contributed by atoms with van der Waals surface area (Å²) in [6.07, 6.45) is -3.34. The number of nitro groups is 1. The average molecular weight is 275 g/mol. The smallest absolute Gasteiger partial charge is 0.403 e. The Labute approximate surface area is 104 Å². The van der Waals surface area contributed by atoms with Gasteiger partial charge in [0.1, 0.15) is 0 Å². The standard InChI is InChI=1S/C9H8F3N5O2/c10-9(11,12)7(5(14)4-13)16-8-6(17(18)19)2-1-3-15-8/h1-4H,13-14H2/b5-4+,16-7-. The van der Waals surface area contributed by atoms with Crippen molar-refractivity contribution >= 4 is 17.2 Å². The second-order valence-corrected chi connectivity index (χ2v) is 3.18. The van der Waals surface area contributed by atoms with Crippen molar-refractivity contribution in [2.24, 2.45) is 16.5 Å². The van der Waals surface area contributed by atoms with Crippen LogP contribution < -0.4 is 11.5 Å². The number of hydrogen-bond donors (Lipinski definition) is 2. The number of aliphatic imine (C=N–C) groups is 1. The molecule has 0 saturated carbocycles. The van der Waals surface area contributed by atoms with Crippen LogP contribution in [0.3, 0.4) is 0 Å². The summed E-state index contributed by atoms with van der Waals surface area (Å²) < 4.78 is 38.0. The van der Waals surface area contributed by atoms with Crippen LogP contribution in [0.25, 0.3) is 0 Å². The van der Waals surface area contributed by atoms with E-state index in [4.69, 9.17) is 11.5 Å². The van der Waals surface area contributed by atoms with Crippen LogP contribution in [0.4, 0.5) is 24.7 Å². The molecule has 0 aliphatic heterocycles. The van der Waals surface area contributed by atoms with Crippen molar-refractivity contribution in [2.75, 3.05) is 0 Å².